The van der Waals surface area contributed by atoms with E-state index < -0.39 is 15.8 Å². The second-order valence-electron chi connectivity index (χ2n) is 6.83. The summed E-state index contributed by atoms with van der Waals surface area (Å²) in [6.45, 7) is 3.14. The maximum absolute atomic E-state index is 13.1. The van der Waals surface area contributed by atoms with E-state index in [1.54, 1.807) is 23.2 Å². The lowest BCUT2D eigenvalue weighted by Crippen LogP contribution is -2.50. The van der Waals surface area contributed by atoms with E-state index in [0.29, 0.717) is 22.1 Å². The predicted octanol–water partition coefficient (Wildman–Crippen LogP) is 1.92. The number of nitrogens with zero attached hydrogens (tertiary/aromatic N) is 4. The van der Waals surface area contributed by atoms with Gasteiger partial charge in [0, 0.05) is 55.7 Å². The summed E-state index contributed by atoms with van der Waals surface area (Å²) in [6, 6.07) is 6.12. The second kappa shape index (κ2) is 7.97. The van der Waals surface area contributed by atoms with E-state index in [1.807, 2.05) is 6.92 Å². The van der Waals surface area contributed by atoms with E-state index in [-0.39, 0.29) is 42.6 Å². The van der Waals surface area contributed by atoms with Crippen LogP contribution in [0.15, 0.2) is 55.2 Å². The van der Waals surface area contributed by atoms with Gasteiger partial charge in [0.2, 0.25) is 10.0 Å². The van der Waals surface area contributed by atoms with Crippen molar-refractivity contribution in [2.45, 2.75) is 18.4 Å². The molecule has 0 bridgehead atoms. The van der Waals surface area contributed by atoms with Crippen molar-refractivity contribution in [3.63, 3.8) is 0 Å². The molecule has 4 rings (SSSR count). The molecule has 1 aromatic carbocycles. The van der Waals surface area contributed by atoms with Crippen LogP contribution in [0.5, 0.6) is 0 Å². The quantitative estimate of drug-likeness (QED) is 0.548. The minimum Gasteiger partial charge on any atom is -0.408 e. The third kappa shape index (κ3) is 3.68. The Morgan fingerprint density at radius 1 is 1.17 bits per heavy atom. The molecule has 0 aliphatic carbocycles. The van der Waals surface area contributed by atoms with E-state index >= 15 is 0 Å². The first-order valence-electron chi connectivity index (χ1n) is 9.34. The third-order valence-corrected chi connectivity index (χ3v) is 7.40. The van der Waals surface area contributed by atoms with Gasteiger partial charge in [-0.1, -0.05) is 0 Å². The number of aromatic nitrogens is 2. The number of piperazine rings is 1. The molecule has 3 heterocycles. The fraction of sp³-hybridized carbons (Fsp3) is 0.316. The highest BCUT2D eigenvalue weighted by molar-refractivity contribution is 9.10. The average molecular weight is 495 g/mol. The SMILES string of the molecule is CCn1c(=O)oc2cc(S(=O)(=O)N3CCN(C(=O)c4cncc(Br)c4)CC3)ccc21. The van der Waals surface area contributed by atoms with Crippen LogP contribution in [-0.2, 0) is 16.6 Å². The first-order valence-corrected chi connectivity index (χ1v) is 11.6. The molecule has 1 aliphatic rings. The van der Waals surface area contributed by atoms with Crippen molar-refractivity contribution in [3.05, 3.63) is 57.2 Å². The topological polar surface area (TPSA) is 106 Å². The van der Waals surface area contributed by atoms with Gasteiger partial charge in [0.25, 0.3) is 5.91 Å². The molecule has 1 saturated heterocycles. The summed E-state index contributed by atoms with van der Waals surface area (Å²) < 4.78 is 34.8. The van der Waals surface area contributed by atoms with Crippen molar-refractivity contribution >= 4 is 43.0 Å². The molecular weight excluding hydrogens is 476 g/mol. The molecule has 2 aromatic heterocycles. The zero-order valence-electron chi connectivity index (χ0n) is 16.1. The summed E-state index contributed by atoms with van der Waals surface area (Å²) >= 11 is 3.29. The van der Waals surface area contributed by atoms with Gasteiger partial charge in [0.15, 0.2) is 5.58 Å². The van der Waals surface area contributed by atoms with Crippen molar-refractivity contribution in [1.82, 2.24) is 18.8 Å². The average Bonchev–Trinajstić information content (AvgIpc) is 3.07. The van der Waals surface area contributed by atoms with Gasteiger partial charge in [0.05, 0.1) is 16.0 Å². The Morgan fingerprint density at radius 2 is 1.90 bits per heavy atom. The molecular formula is C19H19BrN4O5S. The molecule has 9 nitrogen and oxygen atoms in total. The van der Waals surface area contributed by atoms with Crippen LogP contribution < -0.4 is 5.76 Å². The summed E-state index contributed by atoms with van der Waals surface area (Å²) in [5, 5.41) is 0. The van der Waals surface area contributed by atoms with Crippen LogP contribution in [0.1, 0.15) is 17.3 Å². The number of fused-ring (bicyclic) bond motifs is 1. The molecule has 1 fully saturated rings. The fourth-order valence-electron chi connectivity index (χ4n) is 3.50. The number of benzene rings is 1. The van der Waals surface area contributed by atoms with Gasteiger partial charge in [-0.25, -0.2) is 13.2 Å². The summed E-state index contributed by atoms with van der Waals surface area (Å²) in [5.74, 6) is -0.707. The van der Waals surface area contributed by atoms with Gasteiger partial charge >= 0.3 is 5.76 Å². The van der Waals surface area contributed by atoms with E-state index in [0.717, 1.165) is 0 Å². The Balaban J connectivity index is 1.52. The van der Waals surface area contributed by atoms with Gasteiger partial charge in [-0.2, -0.15) is 4.31 Å². The summed E-state index contributed by atoms with van der Waals surface area (Å²) in [7, 11) is -3.78. The molecule has 158 valence electrons. The Kier molecular flexibility index (Phi) is 5.51. The fourth-order valence-corrected chi connectivity index (χ4v) is 5.30. The van der Waals surface area contributed by atoms with Crippen LogP contribution in [0, 0.1) is 0 Å². The number of oxazole rings is 1. The smallest absolute Gasteiger partial charge is 0.408 e. The highest BCUT2D eigenvalue weighted by Crippen LogP contribution is 2.23. The van der Waals surface area contributed by atoms with Crippen molar-refractivity contribution in [3.8, 4) is 0 Å². The highest BCUT2D eigenvalue weighted by atomic mass is 79.9. The van der Waals surface area contributed by atoms with Crippen molar-refractivity contribution < 1.29 is 17.6 Å². The third-order valence-electron chi connectivity index (χ3n) is 5.07. The molecule has 30 heavy (non-hydrogen) atoms. The lowest BCUT2D eigenvalue weighted by Gasteiger charge is -2.34. The molecule has 0 spiro atoms. The van der Waals surface area contributed by atoms with Crippen molar-refractivity contribution in [2.75, 3.05) is 26.2 Å². The van der Waals surface area contributed by atoms with Gasteiger partial charge in [-0.05, 0) is 41.1 Å². The summed E-state index contributed by atoms with van der Waals surface area (Å²) in [4.78, 5) is 30.2. The van der Waals surface area contributed by atoms with E-state index in [9.17, 15) is 18.0 Å². The number of pyridine rings is 1. The Bertz CT molecular complexity index is 1280. The van der Waals surface area contributed by atoms with Crippen LogP contribution in [0.25, 0.3) is 11.1 Å². The molecule has 0 atom stereocenters. The molecule has 1 amide bonds. The number of carbonyl (C=O) groups excluding carboxylic acids is 1. The number of rotatable bonds is 4. The zero-order chi connectivity index (χ0) is 21.5. The van der Waals surface area contributed by atoms with Crippen LogP contribution in [0.3, 0.4) is 0 Å². The van der Waals surface area contributed by atoms with Gasteiger partial charge in [-0.15, -0.1) is 0 Å². The molecule has 0 radical (unpaired) electrons. The monoisotopic (exact) mass is 494 g/mol. The zero-order valence-corrected chi connectivity index (χ0v) is 18.5. The highest BCUT2D eigenvalue weighted by Gasteiger charge is 2.31. The van der Waals surface area contributed by atoms with E-state index in [4.69, 9.17) is 4.42 Å². The van der Waals surface area contributed by atoms with Crippen LogP contribution in [-0.4, -0.2) is 59.3 Å². The molecule has 0 saturated carbocycles. The minimum absolute atomic E-state index is 0.0583. The maximum Gasteiger partial charge on any atom is 0.419 e. The Hall–Kier alpha value is -2.50. The number of carbonyl (C=O) groups is 1. The Labute approximate surface area is 181 Å². The van der Waals surface area contributed by atoms with Crippen LogP contribution >= 0.6 is 15.9 Å². The minimum atomic E-state index is -3.78. The Morgan fingerprint density at radius 3 is 2.57 bits per heavy atom. The molecule has 11 heteroatoms. The summed E-state index contributed by atoms with van der Waals surface area (Å²) in [5.41, 5.74) is 1.24. The molecule has 1 aliphatic heterocycles. The first kappa shape index (κ1) is 20.8. The first-order chi connectivity index (χ1) is 14.3. The molecule has 0 unspecified atom stereocenters. The molecule has 0 N–H and O–H groups in total. The summed E-state index contributed by atoms with van der Waals surface area (Å²) in [6.07, 6.45) is 3.08. The number of aryl methyl sites for hydroxylation is 1. The predicted molar refractivity (Wildman–Crippen MR) is 113 cm³/mol. The maximum atomic E-state index is 13.1. The van der Waals surface area contributed by atoms with Crippen LogP contribution in [0.2, 0.25) is 0 Å². The second-order valence-corrected chi connectivity index (χ2v) is 9.68. The van der Waals surface area contributed by atoms with Crippen molar-refractivity contribution in [1.29, 1.82) is 0 Å². The number of halogens is 1. The van der Waals surface area contributed by atoms with E-state index in [2.05, 4.69) is 20.9 Å². The van der Waals surface area contributed by atoms with Crippen molar-refractivity contribution in [2.24, 2.45) is 0 Å². The van der Waals surface area contributed by atoms with E-state index in [1.165, 1.54) is 27.2 Å². The number of hydrogen-bond donors (Lipinski definition) is 0. The standard InChI is InChI=1S/C19H19BrN4O5S/c1-2-24-16-4-3-15(10-17(16)29-19(24)26)30(27,28)23-7-5-22(6-8-23)18(25)13-9-14(20)12-21-11-13/h3-4,9-12H,2,5-8H2,1H3. The molecule has 3 aromatic rings. The van der Waals surface area contributed by atoms with Gasteiger partial charge in [-0.3, -0.25) is 14.3 Å². The van der Waals surface area contributed by atoms with Crippen LogP contribution in [0.4, 0.5) is 0 Å². The number of hydrogen-bond acceptors (Lipinski definition) is 6. The lowest BCUT2D eigenvalue weighted by atomic mass is 10.2. The van der Waals surface area contributed by atoms with Gasteiger partial charge in [0.1, 0.15) is 0 Å². The largest absolute Gasteiger partial charge is 0.419 e. The van der Waals surface area contributed by atoms with Gasteiger partial charge < -0.3 is 9.32 Å². The normalized spacial score (nSPS) is 15.6. The lowest BCUT2D eigenvalue weighted by molar-refractivity contribution is 0.0697. The number of sulfonamides is 1. The number of amides is 1.